The number of hydrogen-bond donors (Lipinski definition) is 1. The molecule has 3 heterocycles. The Morgan fingerprint density at radius 3 is 2.90 bits per heavy atom. The fourth-order valence-electron chi connectivity index (χ4n) is 6.15. The first-order valence-electron chi connectivity index (χ1n) is 10.4. The third-order valence-electron chi connectivity index (χ3n) is 7.76. The molecule has 152 valence electrons. The number of anilines is 1. The lowest BCUT2D eigenvalue weighted by Gasteiger charge is -2.31. The predicted molar refractivity (Wildman–Crippen MR) is 107 cm³/mol. The van der Waals surface area contributed by atoms with E-state index in [2.05, 4.69) is 4.90 Å². The van der Waals surface area contributed by atoms with Crippen LogP contribution in [0.5, 0.6) is 5.75 Å². The van der Waals surface area contributed by atoms with E-state index in [-0.39, 0.29) is 28.3 Å². The zero-order valence-corrected chi connectivity index (χ0v) is 16.6. The predicted octanol–water partition coefficient (Wildman–Crippen LogP) is 2.47. The zero-order chi connectivity index (χ0) is 20.2. The number of pyridine rings is 1. The van der Waals surface area contributed by atoms with Gasteiger partial charge in [-0.15, -0.1) is 0 Å². The molecule has 1 saturated heterocycles. The number of nitrogens with two attached hydrogens (primary N) is 1. The van der Waals surface area contributed by atoms with Crippen molar-refractivity contribution in [3.05, 3.63) is 33.9 Å². The van der Waals surface area contributed by atoms with Crippen LogP contribution in [0.4, 0.5) is 10.1 Å². The van der Waals surface area contributed by atoms with Crippen molar-refractivity contribution in [2.45, 2.75) is 38.3 Å². The number of ether oxygens (including phenoxy) is 1. The fraction of sp³-hybridized carbons (Fsp3) is 0.545. The van der Waals surface area contributed by atoms with Gasteiger partial charge in [0.05, 0.1) is 22.5 Å². The van der Waals surface area contributed by atoms with E-state index >= 15 is 4.39 Å². The molecule has 5 atom stereocenters. The Hall–Kier alpha value is -2.41. The summed E-state index contributed by atoms with van der Waals surface area (Å²) in [5.74, 6) is 1.15. The number of halogens is 1. The van der Waals surface area contributed by atoms with E-state index in [9.17, 15) is 9.59 Å². The van der Waals surface area contributed by atoms with Crippen LogP contribution in [0.2, 0.25) is 0 Å². The summed E-state index contributed by atoms with van der Waals surface area (Å²) in [5.41, 5.74) is 7.16. The van der Waals surface area contributed by atoms with Gasteiger partial charge in [0, 0.05) is 24.8 Å². The largest absolute Gasteiger partial charge is 0.487 e. The topological polar surface area (TPSA) is 77.6 Å². The van der Waals surface area contributed by atoms with Gasteiger partial charge in [0.15, 0.2) is 22.8 Å². The maximum atomic E-state index is 15.4. The molecule has 2 aliphatic heterocycles. The van der Waals surface area contributed by atoms with Crippen molar-refractivity contribution in [1.82, 2.24) is 4.57 Å². The second-order valence-corrected chi connectivity index (χ2v) is 9.45. The highest BCUT2D eigenvalue weighted by Gasteiger charge is 2.66. The smallest absolute Gasteiger partial charge is 0.200 e. The molecule has 2 aromatic rings. The molecule has 4 aliphatic rings. The van der Waals surface area contributed by atoms with Crippen LogP contribution >= 0.6 is 0 Å². The van der Waals surface area contributed by atoms with Gasteiger partial charge in [0.25, 0.3) is 0 Å². The molecule has 7 heteroatoms. The molecule has 2 aliphatic carbocycles. The van der Waals surface area contributed by atoms with Crippen LogP contribution in [-0.4, -0.2) is 35.6 Å². The number of Topliss-reactive ketones (excluding diaryl/α,β-unsaturated/α-hetero) is 1. The van der Waals surface area contributed by atoms with Crippen LogP contribution in [-0.2, 0) is 0 Å². The first kappa shape index (κ1) is 17.4. The summed E-state index contributed by atoms with van der Waals surface area (Å²) in [5, 5.41) is 0.206. The highest BCUT2D eigenvalue weighted by molar-refractivity contribution is 6.00. The van der Waals surface area contributed by atoms with Crippen LogP contribution in [0.25, 0.3) is 10.9 Å². The van der Waals surface area contributed by atoms with Crippen molar-refractivity contribution in [3.63, 3.8) is 0 Å². The molecule has 0 radical (unpaired) electrons. The van der Waals surface area contributed by atoms with Gasteiger partial charge >= 0.3 is 0 Å². The van der Waals surface area contributed by atoms with Crippen molar-refractivity contribution in [2.24, 2.45) is 23.5 Å². The molecular formula is C22H24FN3O3. The standard InChI is InChI=1S/C22H24FN3O3/c1-10-9-29-21-18-14(20(28)15(11(2)27)7-26(10)18)4-17(23)19(21)25-6-12-3-13-5-22(13,24)16(12)8-25/h4,7,10,12-13,16H,3,5-6,8-9,24H2,1-2H3/t10-,12?,13?,16?,22+/m0/s1. The number of hydrogen-bond acceptors (Lipinski definition) is 5. The van der Waals surface area contributed by atoms with Gasteiger partial charge in [-0.1, -0.05) is 0 Å². The molecule has 0 bridgehead atoms. The summed E-state index contributed by atoms with van der Waals surface area (Å²) in [6.45, 7) is 5.18. The molecule has 6 rings (SSSR count). The van der Waals surface area contributed by atoms with E-state index in [1.165, 1.54) is 13.0 Å². The Labute approximate surface area is 167 Å². The van der Waals surface area contributed by atoms with Gasteiger partial charge in [-0.2, -0.15) is 0 Å². The quantitative estimate of drug-likeness (QED) is 0.788. The lowest BCUT2D eigenvalue weighted by Crippen LogP contribution is -2.35. The monoisotopic (exact) mass is 397 g/mol. The summed E-state index contributed by atoms with van der Waals surface area (Å²) in [6.07, 6.45) is 3.80. The minimum Gasteiger partial charge on any atom is -0.487 e. The average molecular weight is 397 g/mol. The van der Waals surface area contributed by atoms with Crippen molar-refractivity contribution < 1.29 is 13.9 Å². The Bertz CT molecular complexity index is 1160. The highest BCUT2D eigenvalue weighted by Crippen LogP contribution is 2.62. The summed E-state index contributed by atoms with van der Waals surface area (Å²) in [6, 6.07) is 1.23. The second kappa shape index (κ2) is 5.39. The first-order valence-corrected chi connectivity index (χ1v) is 10.4. The first-order chi connectivity index (χ1) is 13.8. The summed E-state index contributed by atoms with van der Waals surface area (Å²) < 4.78 is 23.3. The maximum Gasteiger partial charge on any atom is 0.200 e. The van der Waals surface area contributed by atoms with Crippen molar-refractivity contribution >= 4 is 22.4 Å². The number of carbonyl (C=O) groups is 1. The van der Waals surface area contributed by atoms with Gasteiger partial charge in [-0.3, -0.25) is 9.59 Å². The maximum absolute atomic E-state index is 15.4. The molecule has 29 heavy (non-hydrogen) atoms. The van der Waals surface area contributed by atoms with Crippen LogP contribution in [0.1, 0.15) is 43.1 Å². The lowest BCUT2D eigenvalue weighted by molar-refractivity contribution is 0.101. The third-order valence-corrected chi connectivity index (χ3v) is 7.76. The van der Waals surface area contributed by atoms with E-state index < -0.39 is 11.2 Å². The molecule has 3 fully saturated rings. The van der Waals surface area contributed by atoms with Crippen LogP contribution in [0, 0.1) is 23.6 Å². The van der Waals surface area contributed by atoms with E-state index in [1.807, 2.05) is 11.5 Å². The number of carbonyl (C=O) groups excluding carboxylic acids is 1. The van der Waals surface area contributed by atoms with Gasteiger partial charge in [-0.25, -0.2) is 4.39 Å². The Kier molecular flexibility index (Phi) is 3.24. The Balaban J connectivity index is 1.55. The number of nitrogens with zero attached hydrogens (tertiary/aromatic N) is 2. The molecule has 1 aromatic heterocycles. The van der Waals surface area contributed by atoms with Crippen molar-refractivity contribution in [2.75, 3.05) is 24.6 Å². The van der Waals surface area contributed by atoms with Gasteiger partial charge in [0.2, 0.25) is 0 Å². The number of benzene rings is 1. The zero-order valence-electron chi connectivity index (χ0n) is 16.6. The Morgan fingerprint density at radius 1 is 1.38 bits per heavy atom. The van der Waals surface area contributed by atoms with Crippen molar-refractivity contribution in [3.8, 4) is 5.75 Å². The Morgan fingerprint density at radius 2 is 2.17 bits per heavy atom. The molecular weight excluding hydrogens is 373 g/mol. The molecule has 0 spiro atoms. The molecule has 1 aromatic carbocycles. The molecule has 2 saturated carbocycles. The second-order valence-electron chi connectivity index (χ2n) is 9.45. The number of rotatable bonds is 2. The summed E-state index contributed by atoms with van der Waals surface area (Å²) >= 11 is 0. The van der Waals surface area contributed by atoms with Gasteiger partial charge in [-0.05, 0) is 50.5 Å². The fourth-order valence-corrected chi connectivity index (χ4v) is 6.15. The van der Waals surface area contributed by atoms with Gasteiger partial charge in [0.1, 0.15) is 12.3 Å². The summed E-state index contributed by atoms with van der Waals surface area (Å²) in [7, 11) is 0. The normalized spacial score (nSPS) is 34.1. The SMILES string of the molecule is CC(=O)c1cn2c3c(c(N4CC5CC6C[C@]6(N)C5C4)c(F)cc3c1=O)OC[C@@H]2C. The number of fused-ring (bicyclic) bond motifs is 3. The van der Waals surface area contributed by atoms with Gasteiger partial charge < -0.3 is 19.9 Å². The molecule has 6 nitrogen and oxygen atoms in total. The number of ketones is 1. The minimum absolute atomic E-state index is 0.0560. The molecule has 0 amide bonds. The van der Waals surface area contributed by atoms with E-state index in [0.717, 1.165) is 25.9 Å². The van der Waals surface area contributed by atoms with Crippen molar-refractivity contribution in [1.29, 1.82) is 0 Å². The molecule has 2 N–H and O–H groups in total. The highest BCUT2D eigenvalue weighted by atomic mass is 19.1. The minimum atomic E-state index is -0.468. The van der Waals surface area contributed by atoms with E-state index in [4.69, 9.17) is 10.5 Å². The average Bonchev–Trinajstić information content (AvgIpc) is 3.02. The number of aromatic nitrogens is 1. The molecule has 3 unspecified atom stereocenters. The van der Waals surface area contributed by atoms with Crippen LogP contribution < -0.4 is 20.8 Å². The van der Waals surface area contributed by atoms with E-state index in [0.29, 0.717) is 41.3 Å². The van der Waals surface area contributed by atoms with E-state index in [1.54, 1.807) is 6.20 Å². The lowest BCUT2D eigenvalue weighted by atomic mass is 9.92. The summed E-state index contributed by atoms with van der Waals surface area (Å²) in [4.78, 5) is 26.9. The van der Waals surface area contributed by atoms with Crippen LogP contribution in [0.15, 0.2) is 17.1 Å². The third kappa shape index (κ3) is 2.14. The van der Waals surface area contributed by atoms with Crippen LogP contribution in [0.3, 0.4) is 0 Å².